The third-order valence-electron chi connectivity index (χ3n) is 4.58. The van der Waals surface area contributed by atoms with E-state index in [1.165, 1.54) is 0 Å². The van der Waals surface area contributed by atoms with Crippen LogP contribution < -0.4 is 32.6 Å². The first kappa shape index (κ1) is 25.2. The monoisotopic (exact) mass is 500 g/mol. The minimum absolute atomic E-state index is 0.0678. The third-order valence-corrected chi connectivity index (χ3v) is 4.86. The maximum Gasteiger partial charge on any atom is 0.302 e. The smallest absolute Gasteiger partial charge is 0.302 e. The Morgan fingerprint density at radius 2 is 1.89 bits per heavy atom. The van der Waals surface area contributed by atoms with Gasteiger partial charge in [0.25, 0.3) is 5.91 Å². The molecule has 184 valence electrons. The van der Waals surface area contributed by atoms with E-state index in [4.69, 9.17) is 33.5 Å². The van der Waals surface area contributed by atoms with Crippen molar-refractivity contribution in [3.8, 4) is 5.75 Å². The predicted octanol–water partition coefficient (Wildman–Crippen LogP) is 1.10. The Balaban J connectivity index is 1.35. The Hall–Kier alpha value is -4.39. The number of anilines is 3. The molecule has 0 radical (unpaired) electrons. The Kier molecular flexibility index (Phi) is 8.78. The van der Waals surface area contributed by atoms with Crippen molar-refractivity contribution in [1.82, 2.24) is 25.3 Å². The van der Waals surface area contributed by atoms with Crippen LogP contribution in [0.5, 0.6) is 5.75 Å². The van der Waals surface area contributed by atoms with Crippen molar-refractivity contribution in [2.75, 3.05) is 29.9 Å². The predicted molar refractivity (Wildman–Crippen MR) is 132 cm³/mol. The fraction of sp³-hybridized carbons (Fsp3) is 0.238. The van der Waals surface area contributed by atoms with E-state index in [1.54, 1.807) is 12.4 Å². The van der Waals surface area contributed by atoms with Gasteiger partial charge in [-0.3, -0.25) is 14.9 Å². The number of aryl methyl sites for hydroxylation is 1. The van der Waals surface area contributed by atoms with Gasteiger partial charge in [-0.15, -0.1) is 0 Å². The van der Waals surface area contributed by atoms with Crippen LogP contribution in [0.2, 0.25) is 5.15 Å². The quantitative estimate of drug-likeness (QED) is 0.132. The Labute approximate surface area is 205 Å². The van der Waals surface area contributed by atoms with Crippen molar-refractivity contribution in [3.63, 3.8) is 0 Å². The van der Waals surface area contributed by atoms with Crippen molar-refractivity contribution >= 4 is 47.0 Å². The van der Waals surface area contributed by atoms with E-state index < -0.39 is 5.91 Å². The molecular weight excluding hydrogens is 476 g/mol. The zero-order valence-corrected chi connectivity index (χ0v) is 19.4. The molecule has 0 atom stereocenters. The van der Waals surface area contributed by atoms with Crippen molar-refractivity contribution in [3.05, 3.63) is 53.1 Å². The van der Waals surface area contributed by atoms with Gasteiger partial charge in [0.1, 0.15) is 5.75 Å². The number of unbranched alkanes of at least 4 members (excludes halogenated alkanes) is 1. The van der Waals surface area contributed by atoms with Crippen LogP contribution >= 0.6 is 11.6 Å². The van der Waals surface area contributed by atoms with Crippen molar-refractivity contribution in [2.45, 2.75) is 19.3 Å². The van der Waals surface area contributed by atoms with Crippen molar-refractivity contribution in [2.24, 2.45) is 10.7 Å². The third kappa shape index (κ3) is 7.85. The molecule has 0 saturated heterocycles. The topological polar surface area (TPSA) is 212 Å². The summed E-state index contributed by atoms with van der Waals surface area (Å²) in [5.41, 5.74) is 17.8. The molecule has 3 aromatic rings. The van der Waals surface area contributed by atoms with E-state index in [-0.39, 0.29) is 41.0 Å². The van der Waals surface area contributed by atoms with Gasteiger partial charge in [0.2, 0.25) is 5.95 Å². The van der Waals surface area contributed by atoms with Crippen LogP contribution in [0, 0.1) is 0 Å². The van der Waals surface area contributed by atoms with Gasteiger partial charge in [-0.25, -0.2) is 15.0 Å². The lowest BCUT2D eigenvalue weighted by molar-refractivity contribution is -0.118. The molecule has 2 aromatic heterocycles. The summed E-state index contributed by atoms with van der Waals surface area (Å²) in [5, 5.41) is 5.31. The van der Waals surface area contributed by atoms with Gasteiger partial charge in [0.05, 0.1) is 0 Å². The van der Waals surface area contributed by atoms with Gasteiger partial charge in [-0.2, -0.15) is 4.99 Å². The van der Waals surface area contributed by atoms with Crippen LogP contribution in [0.3, 0.4) is 0 Å². The van der Waals surface area contributed by atoms with Gasteiger partial charge in [0, 0.05) is 18.9 Å². The number of hydrogen-bond donors (Lipinski definition) is 6. The molecule has 2 amide bonds. The van der Waals surface area contributed by atoms with Gasteiger partial charge >= 0.3 is 5.91 Å². The highest BCUT2D eigenvalue weighted by Crippen LogP contribution is 2.18. The Bertz CT molecular complexity index is 1180. The molecule has 0 spiro atoms. The molecule has 0 unspecified atom stereocenters. The number of guanidine groups is 1. The first-order valence-electron chi connectivity index (χ1n) is 10.5. The maximum atomic E-state index is 12.2. The number of amides is 2. The number of rotatable bonds is 10. The lowest BCUT2D eigenvalue weighted by atomic mass is 10.1. The first-order valence-corrected chi connectivity index (χ1v) is 10.9. The summed E-state index contributed by atoms with van der Waals surface area (Å²) < 4.78 is 5.48. The summed E-state index contributed by atoms with van der Waals surface area (Å²) in [6, 6.07) is 7.49. The summed E-state index contributed by atoms with van der Waals surface area (Å²) in [5.74, 6) is -0.451. The second-order valence-electron chi connectivity index (χ2n) is 7.24. The number of aromatic nitrogens is 4. The van der Waals surface area contributed by atoms with E-state index in [1.807, 2.05) is 24.3 Å². The molecule has 0 aliphatic carbocycles. The normalized spacial score (nSPS) is 11.2. The summed E-state index contributed by atoms with van der Waals surface area (Å²) in [7, 11) is 0. The number of carbonyl (C=O) groups excluding carboxylic acids is 2. The number of aliphatic imine (C=N–C) groups is 1. The number of H-pyrrole nitrogens is 1. The van der Waals surface area contributed by atoms with Crippen molar-refractivity contribution in [1.29, 1.82) is 0 Å². The molecule has 3 rings (SSSR count). The maximum absolute atomic E-state index is 12.2. The number of nitrogens with zero attached hydrogens (tertiary/aromatic N) is 4. The highest BCUT2D eigenvalue weighted by molar-refractivity contribution is 6.31. The number of hydrogen-bond acceptors (Lipinski definition) is 8. The van der Waals surface area contributed by atoms with Crippen LogP contribution in [0.1, 0.15) is 28.9 Å². The average molecular weight is 501 g/mol. The minimum Gasteiger partial charge on any atom is -0.484 e. The minimum atomic E-state index is -0.775. The number of halogens is 1. The molecule has 0 fully saturated rings. The van der Waals surface area contributed by atoms with Gasteiger partial charge in [-0.1, -0.05) is 23.7 Å². The SMILES string of the molecule is NC(=NC(=O)c1nc(Cl)c(N)nc1N)NCCCCc1ccc(OCC(=O)Nc2ncc[nH]2)cc1. The van der Waals surface area contributed by atoms with E-state index in [0.29, 0.717) is 18.2 Å². The van der Waals surface area contributed by atoms with Gasteiger partial charge < -0.3 is 32.2 Å². The number of nitrogen functional groups attached to an aromatic ring is 2. The van der Waals surface area contributed by atoms with Crippen LogP contribution in [-0.2, 0) is 11.2 Å². The highest BCUT2D eigenvalue weighted by Gasteiger charge is 2.15. The molecule has 0 aliphatic rings. The second-order valence-corrected chi connectivity index (χ2v) is 7.60. The number of nitrogens with two attached hydrogens (primary N) is 3. The summed E-state index contributed by atoms with van der Waals surface area (Å²) in [6.07, 6.45) is 5.63. The zero-order chi connectivity index (χ0) is 25.2. The summed E-state index contributed by atoms with van der Waals surface area (Å²) in [4.78, 5) is 41.9. The molecule has 9 N–H and O–H groups in total. The number of imidazole rings is 1. The van der Waals surface area contributed by atoms with Crippen LogP contribution in [0.4, 0.5) is 17.6 Å². The molecule has 0 bridgehead atoms. The van der Waals surface area contributed by atoms with Crippen molar-refractivity contribution < 1.29 is 14.3 Å². The molecule has 1 aromatic carbocycles. The van der Waals surface area contributed by atoms with Crippen LogP contribution in [0.15, 0.2) is 41.7 Å². The summed E-state index contributed by atoms with van der Waals surface area (Å²) in [6.45, 7) is 0.389. The molecule has 35 heavy (non-hydrogen) atoms. The molecule has 0 saturated carbocycles. The molecule has 0 aliphatic heterocycles. The number of benzene rings is 1. The van der Waals surface area contributed by atoms with Gasteiger partial charge in [0.15, 0.2) is 35.0 Å². The fourth-order valence-corrected chi connectivity index (χ4v) is 3.00. The molecule has 14 heteroatoms. The molecule has 13 nitrogen and oxygen atoms in total. The lowest BCUT2D eigenvalue weighted by Crippen LogP contribution is -2.33. The van der Waals surface area contributed by atoms with E-state index in [9.17, 15) is 9.59 Å². The Morgan fingerprint density at radius 1 is 1.11 bits per heavy atom. The van der Waals surface area contributed by atoms with Gasteiger partial charge in [-0.05, 0) is 37.0 Å². The van der Waals surface area contributed by atoms with E-state index in [2.05, 4.69) is 35.6 Å². The lowest BCUT2D eigenvalue weighted by Gasteiger charge is -2.08. The highest BCUT2D eigenvalue weighted by atomic mass is 35.5. The zero-order valence-electron chi connectivity index (χ0n) is 18.6. The van der Waals surface area contributed by atoms with E-state index >= 15 is 0 Å². The van der Waals surface area contributed by atoms with Crippen LogP contribution in [0.25, 0.3) is 0 Å². The second kappa shape index (κ2) is 12.2. The largest absolute Gasteiger partial charge is 0.484 e. The molecular formula is C21H25ClN10O3. The van der Waals surface area contributed by atoms with E-state index in [0.717, 1.165) is 24.8 Å². The van der Waals surface area contributed by atoms with Crippen LogP contribution in [-0.4, -0.2) is 50.9 Å². The summed E-state index contributed by atoms with van der Waals surface area (Å²) >= 11 is 5.77. The number of aromatic amines is 1. The standard InChI is InChI=1S/C21H25ClN10O3/c22-16-18(24)31-17(23)15(30-16)19(34)32-20(25)26-8-2-1-3-12-4-6-13(7-5-12)35-11-14(33)29-21-27-9-10-28-21/h4-7,9-10H,1-3,8,11H2,(H4,23,24,31)(H3,25,26,32,34)(H2,27,28,29,33). The molecule has 2 heterocycles. The fourth-order valence-electron chi connectivity index (χ4n) is 2.87. The Morgan fingerprint density at radius 3 is 2.60 bits per heavy atom. The number of nitrogens with one attached hydrogen (secondary N) is 3. The number of carbonyl (C=O) groups is 2. The first-order chi connectivity index (χ1) is 16.8. The number of ether oxygens (including phenoxy) is 1. The average Bonchev–Trinajstić information content (AvgIpc) is 3.33.